The highest BCUT2D eigenvalue weighted by Crippen LogP contribution is 2.30. The maximum Gasteiger partial charge on any atom is 0.341 e. The summed E-state index contributed by atoms with van der Waals surface area (Å²) >= 11 is 6.03. The van der Waals surface area contributed by atoms with Gasteiger partial charge in [-0.15, -0.1) is 12.4 Å². The maximum absolute atomic E-state index is 10.7. The van der Waals surface area contributed by atoms with Crippen LogP contribution in [0.1, 0.15) is 29.2 Å². The average molecular weight is 504 g/mol. The molecule has 34 heavy (non-hydrogen) atoms. The standard InChI is InChI=1S/C26H26ClNO5.ClH/c27-20-4-1-3-18(11-20)25(29)15-28-21-9-7-17-8-10-24(13-19(17)12-21)33-23-6-2-5-22(14-23)32-16-26(30)31;/h1-6,8,10-11,13-14,21,25,28-29H,7,9,12,15-16H2,(H,30,31);1H. The molecule has 3 aromatic rings. The van der Waals surface area contributed by atoms with E-state index >= 15 is 0 Å². The van der Waals surface area contributed by atoms with Crippen molar-refractivity contribution in [2.24, 2.45) is 0 Å². The number of halogens is 2. The van der Waals surface area contributed by atoms with Crippen LogP contribution in [0.3, 0.4) is 0 Å². The van der Waals surface area contributed by atoms with Crippen LogP contribution in [-0.4, -0.2) is 35.4 Å². The molecular formula is C26H27Cl2NO5. The largest absolute Gasteiger partial charge is 0.482 e. The molecule has 2 unspecified atom stereocenters. The predicted octanol–water partition coefficient (Wildman–Crippen LogP) is 5.20. The van der Waals surface area contributed by atoms with Gasteiger partial charge in [0, 0.05) is 23.7 Å². The van der Waals surface area contributed by atoms with E-state index in [4.69, 9.17) is 26.2 Å². The summed E-state index contributed by atoms with van der Waals surface area (Å²) in [5, 5.41) is 23.4. The number of aliphatic carboxylic acids is 1. The van der Waals surface area contributed by atoms with Gasteiger partial charge in [-0.25, -0.2) is 4.79 Å². The van der Waals surface area contributed by atoms with Crippen LogP contribution in [0.5, 0.6) is 17.2 Å². The minimum Gasteiger partial charge on any atom is -0.482 e. The molecule has 0 aliphatic heterocycles. The number of rotatable bonds is 9. The molecule has 0 saturated carbocycles. The SMILES string of the molecule is Cl.O=C(O)COc1cccc(Oc2ccc3c(c2)CC(NCC(O)c2cccc(Cl)c2)CC3)c1. The Bertz CT molecular complexity index is 1120. The first kappa shape index (κ1) is 25.8. The third kappa shape index (κ3) is 7.11. The molecule has 0 spiro atoms. The lowest BCUT2D eigenvalue weighted by Crippen LogP contribution is -2.37. The molecule has 0 aromatic heterocycles. The van der Waals surface area contributed by atoms with E-state index in [1.165, 1.54) is 11.1 Å². The molecule has 0 radical (unpaired) electrons. The van der Waals surface area contributed by atoms with Gasteiger partial charge in [0.25, 0.3) is 0 Å². The van der Waals surface area contributed by atoms with E-state index in [-0.39, 0.29) is 18.4 Å². The van der Waals surface area contributed by atoms with E-state index in [0.717, 1.165) is 24.8 Å². The zero-order chi connectivity index (χ0) is 23.2. The summed E-state index contributed by atoms with van der Waals surface area (Å²) in [5.74, 6) is 0.700. The number of aliphatic hydroxyl groups is 1. The third-order valence-corrected chi connectivity index (χ3v) is 5.88. The molecule has 3 N–H and O–H groups in total. The maximum atomic E-state index is 10.7. The van der Waals surface area contributed by atoms with Crippen LogP contribution in [0.4, 0.5) is 0 Å². The van der Waals surface area contributed by atoms with Crippen LogP contribution < -0.4 is 14.8 Å². The number of fused-ring (bicyclic) bond motifs is 1. The summed E-state index contributed by atoms with van der Waals surface area (Å²) in [4.78, 5) is 10.7. The first-order valence-electron chi connectivity index (χ1n) is 10.9. The molecule has 3 aromatic carbocycles. The molecule has 180 valence electrons. The fourth-order valence-corrected chi connectivity index (χ4v) is 4.19. The van der Waals surface area contributed by atoms with Crippen LogP contribution in [0.25, 0.3) is 0 Å². The number of ether oxygens (including phenoxy) is 2. The smallest absolute Gasteiger partial charge is 0.341 e. The van der Waals surface area contributed by atoms with E-state index in [1.807, 2.05) is 24.3 Å². The van der Waals surface area contributed by atoms with Crippen molar-refractivity contribution in [3.8, 4) is 17.2 Å². The van der Waals surface area contributed by atoms with Crippen LogP contribution >= 0.6 is 24.0 Å². The summed E-state index contributed by atoms with van der Waals surface area (Å²) in [7, 11) is 0. The molecule has 0 saturated heterocycles. The number of carboxylic acid groups (broad SMARTS) is 1. The van der Waals surface area contributed by atoms with Gasteiger partial charge in [0.15, 0.2) is 6.61 Å². The van der Waals surface area contributed by atoms with Gasteiger partial charge >= 0.3 is 5.97 Å². The summed E-state index contributed by atoms with van der Waals surface area (Å²) < 4.78 is 11.2. The highest BCUT2D eigenvalue weighted by atomic mass is 35.5. The molecule has 4 rings (SSSR count). The Kier molecular flexibility index (Phi) is 9.19. The topological polar surface area (TPSA) is 88.0 Å². The van der Waals surface area contributed by atoms with Crippen molar-refractivity contribution in [3.05, 3.63) is 88.4 Å². The Hall–Kier alpha value is -2.77. The molecule has 0 fully saturated rings. The first-order chi connectivity index (χ1) is 16.0. The Labute approximate surface area is 209 Å². The Morgan fingerprint density at radius 3 is 2.59 bits per heavy atom. The Morgan fingerprint density at radius 1 is 1.03 bits per heavy atom. The van der Waals surface area contributed by atoms with Gasteiger partial charge in [-0.05, 0) is 72.4 Å². The van der Waals surface area contributed by atoms with Crippen molar-refractivity contribution in [3.63, 3.8) is 0 Å². The van der Waals surface area contributed by atoms with Gasteiger partial charge in [0.1, 0.15) is 17.2 Å². The quantitative estimate of drug-likeness (QED) is 0.372. The summed E-state index contributed by atoms with van der Waals surface area (Å²) in [6, 6.07) is 20.6. The molecule has 0 amide bonds. The third-order valence-electron chi connectivity index (χ3n) is 5.64. The van der Waals surface area contributed by atoms with Gasteiger partial charge in [-0.2, -0.15) is 0 Å². The number of benzene rings is 3. The molecule has 1 aliphatic rings. The van der Waals surface area contributed by atoms with Gasteiger partial charge in [-0.1, -0.05) is 35.9 Å². The fourth-order valence-electron chi connectivity index (χ4n) is 3.99. The van der Waals surface area contributed by atoms with E-state index in [0.29, 0.717) is 28.8 Å². The van der Waals surface area contributed by atoms with E-state index < -0.39 is 18.7 Å². The van der Waals surface area contributed by atoms with Crippen LogP contribution in [0, 0.1) is 0 Å². The number of hydrogen-bond donors (Lipinski definition) is 3. The first-order valence-corrected chi connectivity index (χ1v) is 11.3. The molecular weight excluding hydrogens is 477 g/mol. The predicted molar refractivity (Wildman–Crippen MR) is 134 cm³/mol. The van der Waals surface area contributed by atoms with E-state index in [9.17, 15) is 9.90 Å². The molecule has 0 heterocycles. The number of aryl methyl sites for hydroxylation is 1. The van der Waals surface area contributed by atoms with Crippen LogP contribution in [0.2, 0.25) is 5.02 Å². The number of aliphatic hydroxyl groups excluding tert-OH is 1. The highest BCUT2D eigenvalue weighted by Gasteiger charge is 2.20. The highest BCUT2D eigenvalue weighted by molar-refractivity contribution is 6.30. The van der Waals surface area contributed by atoms with Crippen molar-refractivity contribution >= 4 is 30.0 Å². The van der Waals surface area contributed by atoms with Gasteiger partial charge in [-0.3, -0.25) is 0 Å². The molecule has 6 nitrogen and oxygen atoms in total. The molecule has 2 atom stereocenters. The number of carbonyl (C=O) groups is 1. The second-order valence-corrected chi connectivity index (χ2v) is 8.55. The number of carboxylic acids is 1. The van der Waals surface area contributed by atoms with Crippen molar-refractivity contribution in [1.29, 1.82) is 0 Å². The molecule has 0 bridgehead atoms. The van der Waals surface area contributed by atoms with Gasteiger partial charge in [0.2, 0.25) is 0 Å². The lowest BCUT2D eigenvalue weighted by molar-refractivity contribution is -0.139. The van der Waals surface area contributed by atoms with Crippen molar-refractivity contribution < 1.29 is 24.5 Å². The Balaban J connectivity index is 0.00000324. The summed E-state index contributed by atoms with van der Waals surface area (Å²) in [6.45, 7) is 0.0579. The van der Waals surface area contributed by atoms with E-state index in [2.05, 4.69) is 11.4 Å². The number of nitrogens with one attached hydrogen (secondary N) is 1. The zero-order valence-corrected chi connectivity index (χ0v) is 20.0. The minimum atomic E-state index is -1.03. The van der Waals surface area contributed by atoms with Crippen LogP contribution in [0.15, 0.2) is 66.7 Å². The van der Waals surface area contributed by atoms with Crippen molar-refractivity contribution in [2.75, 3.05) is 13.2 Å². The fraction of sp³-hybridized carbons (Fsp3) is 0.269. The monoisotopic (exact) mass is 503 g/mol. The van der Waals surface area contributed by atoms with Crippen LogP contribution in [-0.2, 0) is 17.6 Å². The van der Waals surface area contributed by atoms with Gasteiger partial charge < -0.3 is 25.0 Å². The molecule has 1 aliphatic carbocycles. The molecule has 8 heteroatoms. The Morgan fingerprint density at radius 2 is 1.79 bits per heavy atom. The summed E-state index contributed by atoms with van der Waals surface area (Å²) in [5.41, 5.74) is 3.32. The van der Waals surface area contributed by atoms with E-state index in [1.54, 1.807) is 36.4 Å². The zero-order valence-electron chi connectivity index (χ0n) is 18.4. The lowest BCUT2D eigenvalue weighted by Gasteiger charge is -2.27. The second kappa shape index (κ2) is 12.1. The number of hydrogen-bond acceptors (Lipinski definition) is 5. The second-order valence-electron chi connectivity index (χ2n) is 8.11. The minimum absolute atomic E-state index is 0. The summed E-state index contributed by atoms with van der Waals surface area (Å²) in [6.07, 6.45) is 2.18. The average Bonchev–Trinajstić information content (AvgIpc) is 2.81. The van der Waals surface area contributed by atoms with Gasteiger partial charge in [0.05, 0.1) is 6.10 Å². The van der Waals surface area contributed by atoms with Crippen molar-refractivity contribution in [2.45, 2.75) is 31.4 Å². The van der Waals surface area contributed by atoms with Crippen molar-refractivity contribution in [1.82, 2.24) is 5.32 Å². The normalized spacial score (nSPS) is 15.5. The lowest BCUT2D eigenvalue weighted by atomic mass is 9.88.